The van der Waals surface area contributed by atoms with Crippen LogP contribution in [0.5, 0.6) is 0 Å². The van der Waals surface area contributed by atoms with Crippen LogP contribution in [-0.4, -0.2) is 57.9 Å². The molecule has 11 heteroatoms. The molecule has 36 heavy (non-hydrogen) atoms. The van der Waals surface area contributed by atoms with Gasteiger partial charge in [-0.15, -0.1) is 0 Å². The summed E-state index contributed by atoms with van der Waals surface area (Å²) < 4.78 is 29.4. The maximum Gasteiger partial charge on any atom is 0.330 e. The molecule has 5 rings (SSSR count). The van der Waals surface area contributed by atoms with E-state index in [2.05, 4.69) is 19.9 Å². The maximum absolute atomic E-state index is 13.3. The van der Waals surface area contributed by atoms with Crippen LogP contribution in [0.4, 0.5) is 5.69 Å². The summed E-state index contributed by atoms with van der Waals surface area (Å²) in [5.41, 5.74) is 1.14. The molecule has 0 bridgehead atoms. The van der Waals surface area contributed by atoms with Gasteiger partial charge in [-0.05, 0) is 49.7 Å². The number of hydrogen-bond acceptors (Lipinski definition) is 6. The van der Waals surface area contributed by atoms with Gasteiger partial charge in [0.05, 0.1) is 4.90 Å². The average Bonchev–Trinajstić information content (AvgIpc) is 3.31. The Kier molecular flexibility index (Phi) is 6.27. The van der Waals surface area contributed by atoms with Crippen LogP contribution in [0.1, 0.15) is 20.3 Å². The van der Waals surface area contributed by atoms with E-state index in [4.69, 9.17) is 0 Å². The molecule has 3 heterocycles. The summed E-state index contributed by atoms with van der Waals surface area (Å²) in [7, 11) is -3.67. The van der Waals surface area contributed by atoms with Crippen molar-refractivity contribution in [2.24, 2.45) is 0 Å². The molecule has 0 radical (unpaired) electrons. The second-order valence-electron chi connectivity index (χ2n) is 8.96. The van der Waals surface area contributed by atoms with Gasteiger partial charge in [0.2, 0.25) is 10.0 Å². The smallest absolute Gasteiger partial charge is 0.330 e. The molecular weight excluding hydrogens is 480 g/mol. The van der Waals surface area contributed by atoms with Crippen molar-refractivity contribution in [1.82, 2.24) is 23.8 Å². The summed E-state index contributed by atoms with van der Waals surface area (Å²) in [5.74, 6) is 0.376. The highest BCUT2D eigenvalue weighted by Crippen LogP contribution is 2.26. The van der Waals surface area contributed by atoms with Gasteiger partial charge in [-0.2, -0.15) is 4.31 Å². The van der Waals surface area contributed by atoms with E-state index in [1.807, 2.05) is 44.2 Å². The van der Waals surface area contributed by atoms with Gasteiger partial charge in [0.1, 0.15) is 11.3 Å². The normalized spacial score (nSPS) is 17.1. The zero-order chi connectivity index (χ0) is 25.4. The van der Waals surface area contributed by atoms with Crippen molar-refractivity contribution in [2.75, 3.05) is 24.5 Å². The summed E-state index contributed by atoms with van der Waals surface area (Å²) in [6.07, 6.45) is 0.644. The van der Waals surface area contributed by atoms with Crippen LogP contribution in [0.15, 0.2) is 69.1 Å². The molecule has 1 aliphatic rings. The number of H-pyrrole nitrogens is 2. The van der Waals surface area contributed by atoms with E-state index in [0.717, 1.165) is 10.3 Å². The zero-order valence-corrected chi connectivity index (χ0v) is 21.0. The minimum atomic E-state index is -3.67. The molecule has 2 aromatic carbocycles. The third-order valence-corrected chi connectivity index (χ3v) is 8.40. The van der Waals surface area contributed by atoms with Gasteiger partial charge >= 0.3 is 5.69 Å². The number of hydrogen-bond donors (Lipinski definition) is 2. The van der Waals surface area contributed by atoms with Crippen molar-refractivity contribution in [3.63, 3.8) is 0 Å². The van der Waals surface area contributed by atoms with Gasteiger partial charge in [-0.3, -0.25) is 14.3 Å². The Morgan fingerprint density at radius 3 is 2.39 bits per heavy atom. The summed E-state index contributed by atoms with van der Waals surface area (Å²) in [4.78, 5) is 37.2. The number of aromatic amines is 2. The molecule has 4 aromatic rings. The summed E-state index contributed by atoms with van der Waals surface area (Å²) in [5, 5.41) is 0. The molecule has 188 valence electrons. The van der Waals surface area contributed by atoms with E-state index in [9.17, 15) is 18.0 Å². The predicted molar refractivity (Wildman–Crippen MR) is 139 cm³/mol. The minimum absolute atomic E-state index is 0.0321. The molecule has 1 unspecified atom stereocenters. The molecule has 2 N–H and O–H groups in total. The molecule has 2 aromatic heterocycles. The highest BCUT2D eigenvalue weighted by atomic mass is 32.2. The van der Waals surface area contributed by atoms with Crippen LogP contribution in [0.25, 0.3) is 22.6 Å². The van der Waals surface area contributed by atoms with Gasteiger partial charge in [0.25, 0.3) is 5.56 Å². The van der Waals surface area contributed by atoms with Crippen molar-refractivity contribution in [2.45, 2.75) is 37.8 Å². The number of rotatable bonds is 6. The lowest BCUT2D eigenvalue weighted by Crippen LogP contribution is -2.53. The van der Waals surface area contributed by atoms with Crippen LogP contribution >= 0.6 is 0 Å². The Bertz CT molecular complexity index is 1610. The number of nitrogens with one attached hydrogen (secondary N) is 2. The molecule has 0 saturated carbocycles. The zero-order valence-electron chi connectivity index (χ0n) is 20.1. The summed E-state index contributed by atoms with van der Waals surface area (Å²) >= 11 is 0. The molecule has 10 nitrogen and oxygen atoms in total. The van der Waals surface area contributed by atoms with E-state index in [1.165, 1.54) is 4.31 Å². The number of piperazine rings is 1. The monoisotopic (exact) mass is 508 g/mol. The van der Waals surface area contributed by atoms with Crippen LogP contribution in [0, 0.1) is 0 Å². The highest BCUT2D eigenvalue weighted by molar-refractivity contribution is 7.89. The molecule has 0 aliphatic carbocycles. The Morgan fingerprint density at radius 2 is 1.72 bits per heavy atom. The first-order valence-electron chi connectivity index (χ1n) is 11.9. The lowest BCUT2D eigenvalue weighted by Gasteiger charge is -2.40. The number of benzene rings is 2. The van der Waals surface area contributed by atoms with E-state index >= 15 is 0 Å². The third kappa shape index (κ3) is 4.24. The third-order valence-electron chi connectivity index (χ3n) is 6.52. The average molecular weight is 509 g/mol. The second-order valence-corrected chi connectivity index (χ2v) is 10.9. The number of imidazole rings is 1. The molecule has 1 atom stereocenters. The van der Waals surface area contributed by atoms with E-state index in [0.29, 0.717) is 44.0 Å². The number of nitrogens with zero attached hydrogens (tertiary/aromatic N) is 4. The molecule has 1 aliphatic heterocycles. The van der Waals surface area contributed by atoms with E-state index in [-0.39, 0.29) is 22.1 Å². The number of para-hydroxylation sites is 1. The quantitative estimate of drug-likeness (QED) is 0.412. The van der Waals surface area contributed by atoms with Gasteiger partial charge < -0.3 is 9.88 Å². The van der Waals surface area contributed by atoms with Gasteiger partial charge in [-0.1, -0.05) is 25.1 Å². The van der Waals surface area contributed by atoms with Gasteiger partial charge in [-0.25, -0.2) is 18.2 Å². The second kappa shape index (κ2) is 9.40. The molecule has 0 amide bonds. The van der Waals surface area contributed by atoms with Gasteiger partial charge in [0.15, 0.2) is 5.65 Å². The van der Waals surface area contributed by atoms with Crippen molar-refractivity contribution in [3.8, 4) is 11.4 Å². The van der Waals surface area contributed by atoms with E-state index < -0.39 is 21.3 Å². The Balaban J connectivity index is 1.38. The van der Waals surface area contributed by atoms with Crippen molar-refractivity contribution in [1.29, 1.82) is 0 Å². The largest absolute Gasteiger partial charge is 0.366 e. The predicted octanol–water partition coefficient (Wildman–Crippen LogP) is 2.39. The topological polar surface area (TPSA) is 124 Å². The fraction of sp³-hybridized carbons (Fsp3) is 0.320. The molecule has 1 fully saturated rings. The molecule has 1 saturated heterocycles. The number of sulfonamides is 1. The lowest BCUT2D eigenvalue weighted by molar-refractivity contribution is 0.342. The standard InChI is InChI=1S/C25H28N6O4S/c1-3-13-31-24(32)21-23(28-25(31)33)27-22(26-21)18-9-11-20(12-10-18)36(34,35)29-14-15-30(17(2)16-29)19-7-5-4-6-8-19/h4-12,17H,3,13-16H2,1-2H3,(H,26,27)(H,28,33). The SMILES string of the molecule is CCCn1c(=O)[nH]c2nc(-c3ccc(S(=O)(=O)N4CCN(c5ccccc5)C(C)C4)cc3)[nH]c2c1=O. The fourth-order valence-corrected chi connectivity index (χ4v) is 6.17. The number of anilines is 1. The van der Waals surface area contributed by atoms with Crippen molar-refractivity contribution in [3.05, 3.63) is 75.4 Å². The first-order chi connectivity index (χ1) is 17.3. The maximum atomic E-state index is 13.3. The fourth-order valence-electron chi connectivity index (χ4n) is 4.66. The van der Waals surface area contributed by atoms with Crippen LogP contribution in [0.3, 0.4) is 0 Å². The minimum Gasteiger partial charge on any atom is -0.366 e. The number of aromatic nitrogens is 4. The summed E-state index contributed by atoms with van der Waals surface area (Å²) in [6, 6.07) is 16.4. The summed E-state index contributed by atoms with van der Waals surface area (Å²) in [6.45, 7) is 5.61. The Labute approximate surface area is 208 Å². The van der Waals surface area contributed by atoms with E-state index in [1.54, 1.807) is 24.3 Å². The lowest BCUT2D eigenvalue weighted by atomic mass is 10.2. The number of fused-ring (bicyclic) bond motifs is 1. The van der Waals surface area contributed by atoms with Crippen molar-refractivity contribution < 1.29 is 8.42 Å². The first-order valence-corrected chi connectivity index (χ1v) is 13.4. The van der Waals surface area contributed by atoms with Crippen LogP contribution < -0.4 is 16.1 Å². The highest BCUT2D eigenvalue weighted by Gasteiger charge is 2.32. The van der Waals surface area contributed by atoms with Crippen LogP contribution in [0.2, 0.25) is 0 Å². The Morgan fingerprint density at radius 1 is 1.00 bits per heavy atom. The first kappa shape index (κ1) is 24.0. The van der Waals surface area contributed by atoms with Crippen molar-refractivity contribution >= 4 is 26.9 Å². The Hall–Kier alpha value is -3.70. The van der Waals surface area contributed by atoms with Gasteiger partial charge in [0, 0.05) is 43.5 Å². The molecule has 0 spiro atoms. The molecular formula is C25H28N6O4S. The van der Waals surface area contributed by atoms with Crippen LogP contribution in [-0.2, 0) is 16.6 Å².